The molecule has 4 aromatic rings. The van der Waals surface area contributed by atoms with E-state index in [9.17, 15) is 4.79 Å². The molecule has 2 aromatic carbocycles. The van der Waals surface area contributed by atoms with Gasteiger partial charge in [0, 0.05) is 5.69 Å². The molecule has 0 atom stereocenters. The van der Waals surface area contributed by atoms with Crippen LogP contribution in [0, 0.1) is 13.8 Å². The van der Waals surface area contributed by atoms with Crippen molar-refractivity contribution in [2.45, 2.75) is 27.0 Å². The number of amides is 1. The van der Waals surface area contributed by atoms with Crippen molar-refractivity contribution in [1.82, 2.24) is 30.2 Å². The summed E-state index contributed by atoms with van der Waals surface area (Å²) in [6.07, 6.45) is 1.67. The molecule has 0 spiro atoms. The third-order valence-corrected chi connectivity index (χ3v) is 4.05. The molecule has 4 rings (SSSR count). The van der Waals surface area contributed by atoms with Crippen LogP contribution in [-0.4, -0.2) is 36.1 Å². The fraction of sp³-hybridized carbons (Fsp3) is 0.211. The predicted octanol–water partition coefficient (Wildman–Crippen LogP) is 1.91. The van der Waals surface area contributed by atoms with Gasteiger partial charge in [-0.2, -0.15) is 0 Å². The number of hydrogen-bond acceptors (Lipinski definition) is 6. The molecule has 1 N–H and O–H groups in total. The monoisotopic (exact) mass is 377 g/mol. The Morgan fingerprint density at radius 2 is 1.86 bits per heavy atom. The van der Waals surface area contributed by atoms with Crippen molar-refractivity contribution in [2.24, 2.45) is 0 Å². The predicted molar refractivity (Wildman–Crippen MR) is 102 cm³/mol. The summed E-state index contributed by atoms with van der Waals surface area (Å²) >= 11 is 0. The van der Waals surface area contributed by atoms with Crippen molar-refractivity contribution < 1.29 is 9.63 Å². The smallest absolute Gasteiger partial charge is 0.246 e. The normalized spacial score (nSPS) is 10.9. The summed E-state index contributed by atoms with van der Waals surface area (Å²) < 4.78 is 1.47. The van der Waals surface area contributed by atoms with Crippen LogP contribution in [-0.2, 0) is 17.9 Å². The summed E-state index contributed by atoms with van der Waals surface area (Å²) in [6.45, 7) is 4.20. The van der Waals surface area contributed by atoms with E-state index in [1.54, 1.807) is 6.20 Å². The summed E-state index contributed by atoms with van der Waals surface area (Å²) in [6, 6.07) is 13.4. The fourth-order valence-corrected chi connectivity index (χ4v) is 2.95. The first-order chi connectivity index (χ1) is 13.6. The molecule has 2 heterocycles. The lowest BCUT2D eigenvalue weighted by molar-refractivity contribution is -0.116. The van der Waals surface area contributed by atoms with Crippen molar-refractivity contribution in [2.75, 3.05) is 5.32 Å². The zero-order valence-electron chi connectivity index (χ0n) is 15.5. The molecule has 9 nitrogen and oxygen atoms in total. The van der Waals surface area contributed by atoms with E-state index >= 15 is 0 Å². The van der Waals surface area contributed by atoms with Crippen LogP contribution in [0.4, 0.5) is 5.69 Å². The van der Waals surface area contributed by atoms with Gasteiger partial charge in [0.25, 0.3) is 0 Å². The third kappa shape index (κ3) is 3.98. The minimum atomic E-state index is -0.176. The SMILES string of the molecule is Cc1cc(C)cc(NC(=O)Cn2cc(COn3nnc4ccccc43)nn2)c1. The molecule has 0 fully saturated rings. The highest BCUT2D eigenvalue weighted by Gasteiger charge is 2.09. The van der Waals surface area contributed by atoms with E-state index in [4.69, 9.17) is 4.84 Å². The summed E-state index contributed by atoms with van der Waals surface area (Å²) in [4.78, 5) is 19.2. The average molecular weight is 377 g/mol. The van der Waals surface area contributed by atoms with E-state index < -0.39 is 0 Å². The second kappa shape index (κ2) is 7.47. The maximum Gasteiger partial charge on any atom is 0.246 e. The Bertz CT molecular complexity index is 1110. The molecule has 142 valence electrons. The second-order valence-electron chi connectivity index (χ2n) is 6.56. The van der Waals surface area contributed by atoms with Gasteiger partial charge in [-0.1, -0.05) is 28.3 Å². The number of nitrogens with one attached hydrogen (secondary N) is 1. The summed E-state index contributed by atoms with van der Waals surface area (Å²) in [5.41, 5.74) is 5.05. The van der Waals surface area contributed by atoms with E-state index in [-0.39, 0.29) is 19.1 Å². The van der Waals surface area contributed by atoms with E-state index in [1.165, 1.54) is 9.53 Å². The van der Waals surface area contributed by atoms with Gasteiger partial charge in [-0.15, -0.1) is 10.2 Å². The number of para-hydroxylation sites is 1. The van der Waals surface area contributed by atoms with Gasteiger partial charge in [-0.25, -0.2) is 4.68 Å². The number of hydrogen-bond donors (Lipinski definition) is 1. The molecule has 0 aliphatic rings. The largest absolute Gasteiger partial charge is 0.388 e. The molecule has 0 saturated carbocycles. The molecule has 0 unspecified atom stereocenters. The highest BCUT2D eigenvalue weighted by Crippen LogP contribution is 2.14. The van der Waals surface area contributed by atoms with Crippen molar-refractivity contribution in [3.8, 4) is 0 Å². The number of rotatable bonds is 6. The van der Waals surface area contributed by atoms with Gasteiger partial charge < -0.3 is 10.2 Å². The number of carbonyl (C=O) groups excluding carboxylic acids is 1. The first-order valence-corrected chi connectivity index (χ1v) is 8.78. The number of fused-ring (bicyclic) bond motifs is 1. The number of anilines is 1. The van der Waals surface area contributed by atoms with Gasteiger partial charge in [0.1, 0.15) is 23.3 Å². The molecule has 0 aliphatic heterocycles. The maximum atomic E-state index is 12.3. The highest BCUT2D eigenvalue weighted by molar-refractivity contribution is 5.90. The van der Waals surface area contributed by atoms with E-state index in [2.05, 4.69) is 32.0 Å². The summed E-state index contributed by atoms with van der Waals surface area (Å²) in [5.74, 6) is -0.176. The van der Waals surface area contributed by atoms with Crippen LogP contribution >= 0.6 is 0 Å². The number of aryl methyl sites for hydroxylation is 2. The molecule has 1 amide bonds. The lowest BCUT2D eigenvalue weighted by Crippen LogP contribution is -2.19. The first-order valence-electron chi connectivity index (χ1n) is 8.78. The Morgan fingerprint density at radius 1 is 1.07 bits per heavy atom. The lowest BCUT2D eigenvalue weighted by Gasteiger charge is -2.07. The third-order valence-electron chi connectivity index (χ3n) is 4.05. The second-order valence-corrected chi connectivity index (χ2v) is 6.56. The van der Waals surface area contributed by atoms with E-state index in [0.29, 0.717) is 5.69 Å². The number of benzene rings is 2. The Balaban J connectivity index is 1.35. The van der Waals surface area contributed by atoms with Crippen LogP contribution in [0.25, 0.3) is 11.0 Å². The molecule has 0 radical (unpaired) electrons. The fourth-order valence-electron chi connectivity index (χ4n) is 2.95. The van der Waals surface area contributed by atoms with E-state index in [0.717, 1.165) is 27.8 Å². The van der Waals surface area contributed by atoms with Crippen molar-refractivity contribution in [3.05, 3.63) is 65.5 Å². The van der Waals surface area contributed by atoms with Crippen molar-refractivity contribution in [3.63, 3.8) is 0 Å². The molecule has 28 heavy (non-hydrogen) atoms. The number of carbonyl (C=O) groups is 1. The van der Waals surface area contributed by atoms with Crippen LogP contribution in [0.5, 0.6) is 0 Å². The van der Waals surface area contributed by atoms with Gasteiger partial charge in [0.2, 0.25) is 5.91 Å². The minimum absolute atomic E-state index is 0.0618. The molecule has 0 bridgehead atoms. The van der Waals surface area contributed by atoms with Crippen LogP contribution < -0.4 is 10.2 Å². The zero-order chi connectivity index (χ0) is 19.5. The average Bonchev–Trinajstić information content (AvgIpc) is 3.25. The Labute approximate surface area is 160 Å². The Morgan fingerprint density at radius 3 is 2.68 bits per heavy atom. The summed E-state index contributed by atoms with van der Waals surface area (Å²) in [7, 11) is 0. The molecule has 2 aromatic heterocycles. The highest BCUT2D eigenvalue weighted by atomic mass is 16.7. The standard InChI is InChI=1S/C19H19N7O2/c1-13-7-14(2)9-15(8-13)20-19(27)11-25-10-16(21-23-25)12-28-26-18-6-4-3-5-17(18)22-24-26/h3-10H,11-12H2,1-2H3,(H,20,27). The molecular weight excluding hydrogens is 358 g/mol. The number of aromatic nitrogens is 6. The number of nitrogens with zero attached hydrogens (tertiary/aromatic N) is 6. The quantitative estimate of drug-likeness (QED) is 0.551. The van der Waals surface area contributed by atoms with Crippen LogP contribution in [0.3, 0.4) is 0 Å². The Hall–Kier alpha value is -3.75. The van der Waals surface area contributed by atoms with Gasteiger partial charge in [0.15, 0.2) is 6.61 Å². The van der Waals surface area contributed by atoms with Gasteiger partial charge in [0.05, 0.1) is 6.20 Å². The van der Waals surface area contributed by atoms with Crippen molar-refractivity contribution in [1.29, 1.82) is 0 Å². The molecular formula is C19H19N7O2. The van der Waals surface area contributed by atoms with Crippen molar-refractivity contribution >= 4 is 22.6 Å². The van der Waals surface area contributed by atoms with E-state index in [1.807, 2.05) is 50.2 Å². The van der Waals surface area contributed by atoms with Gasteiger partial charge in [-0.05, 0) is 54.5 Å². The molecule has 9 heteroatoms. The maximum absolute atomic E-state index is 12.3. The van der Waals surface area contributed by atoms with Crippen LogP contribution in [0.2, 0.25) is 0 Å². The first kappa shape index (κ1) is 17.7. The molecule has 0 aliphatic carbocycles. The lowest BCUT2D eigenvalue weighted by atomic mass is 10.1. The minimum Gasteiger partial charge on any atom is -0.388 e. The summed E-state index contributed by atoms with van der Waals surface area (Å²) in [5, 5.41) is 18.9. The van der Waals surface area contributed by atoms with Crippen LogP contribution in [0.15, 0.2) is 48.7 Å². The van der Waals surface area contributed by atoms with Gasteiger partial charge in [-0.3, -0.25) is 4.79 Å². The zero-order valence-corrected chi connectivity index (χ0v) is 15.5. The molecule has 0 saturated heterocycles. The Kier molecular flexibility index (Phi) is 4.71. The van der Waals surface area contributed by atoms with Crippen LogP contribution in [0.1, 0.15) is 16.8 Å². The topological polar surface area (TPSA) is 99.8 Å². The van der Waals surface area contributed by atoms with Gasteiger partial charge >= 0.3 is 0 Å².